The minimum Gasteiger partial charge on any atom is -0.455 e. The molecule has 10 heteroatoms. The van der Waals surface area contributed by atoms with Crippen molar-refractivity contribution >= 4 is 11.8 Å². The van der Waals surface area contributed by atoms with Crippen LogP contribution >= 0.6 is 0 Å². The van der Waals surface area contributed by atoms with Crippen molar-refractivity contribution in [1.82, 2.24) is 9.55 Å². The van der Waals surface area contributed by atoms with Crippen LogP contribution in [0.3, 0.4) is 0 Å². The van der Waals surface area contributed by atoms with Crippen LogP contribution in [0, 0.1) is 5.92 Å². The van der Waals surface area contributed by atoms with E-state index in [-0.39, 0.29) is 11.7 Å². The molecule has 2 rings (SSSR count). The Kier molecular flexibility index (Phi) is 5.45. The van der Waals surface area contributed by atoms with E-state index < -0.39 is 48.4 Å². The first-order valence-electron chi connectivity index (χ1n) is 7.85. The molecular weight excluding hydrogens is 335 g/mol. The summed E-state index contributed by atoms with van der Waals surface area (Å²) in [5.74, 6) is -1.05. The normalized spacial score (nSPS) is 30.4. The summed E-state index contributed by atoms with van der Waals surface area (Å²) in [5, 5.41) is 9.47. The van der Waals surface area contributed by atoms with Crippen molar-refractivity contribution in [3.05, 3.63) is 22.7 Å². The molecular formula is C15H23FN4O5. The number of anilines is 1. The largest absolute Gasteiger partial charge is 0.455 e. The summed E-state index contributed by atoms with van der Waals surface area (Å²) in [5.41, 5.74) is 8.01. The molecule has 25 heavy (non-hydrogen) atoms. The van der Waals surface area contributed by atoms with Crippen molar-refractivity contribution < 1.29 is 23.8 Å². The molecule has 3 unspecified atom stereocenters. The van der Waals surface area contributed by atoms with E-state index in [0.29, 0.717) is 0 Å². The number of alkyl halides is 1. The Hall–Kier alpha value is -2.04. The van der Waals surface area contributed by atoms with Gasteiger partial charge in [-0.2, -0.15) is 4.98 Å². The average Bonchev–Trinajstić information content (AvgIpc) is 2.77. The number of nitrogens with two attached hydrogens (primary N) is 2. The predicted octanol–water partition coefficient (Wildman–Crippen LogP) is -0.661. The monoisotopic (exact) mass is 358 g/mol. The van der Waals surface area contributed by atoms with Crippen LogP contribution in [-0.4, -0.2) is 51.2 Å². The number of aliphatic hydroxyl groups is 1. The van der Waals surface area contributed by atoms with Crippen molar-refractivity contribution in [2.75, 3.05) is 12.3 Å². The molecule has 0 spiro atoms. The molecule has 0 aromatic carbocycles. The van der Waals surface area contributed by atoms with Crippen molar-refractivity contribution in [1.29, 1.82) is 0 Å². The highest BCUT2D eigenvalue weighted by atomic mass is 19.1. The fourth-order valence-corrected chi connectivity index (χ4v) is 2.62. The molecule has 140 valence electrons. The number of nitrogen functional groups attached to an aromatic ring is 1. The number of aromatic nitrogens is 2. The fraction of sp³-hybridized carbons (Fsp3) is 0.667. The second kappa shape index (κ2) is 7.06. The van der Waals surface area contributed by atoms with E-state index in [4.69, 9.17) is 20.9 Å². The lowest BCUT2D eigenvalue weighted by Gasteiger charge is -2.28. The first-order valence-corrected chi connectivity index (χ1v) is 7.85. The number of esters is 1. The van der Waals surface area contributed by atoms with Gasteiger partial charge in [0.2, 0.25) is 0 Å². The van der Waals surface area contributed by atoms with E-state index in [1.165, 1.54) is 12.3 Å². The lowest BCUT2D eigenvalue weighted by atomic mass is 9.97. The zero-order valence-electron chi connectivity index (χ0n) is 14.3. The standard InChI is InChI=1S/C15H23FN4O5/c1-7(2)10(18)12(22)25-11-8(6-21)24-13(15(11,3)16)20-5-4-9(17)19-14(20)23/h4-5,7-8,10-11,13,21H,6,18H2,1-3H3,(H2,17,19,23)/t8-,10?,11?,13-,15?/m1/s1. The number of nitrogens with zero attached hydrogens (tertiary/aromatic N) is 2. The van der Waals surface area contributed by atoms with E-state index in [9.17, 15) is 14.7 Å². The van der Waals surface area contributed by atoms with Gasteiger partial charge in [-0.05, 0) is 18.9 Å². The van der Waals surface area contributed by atoms with Gasteiger partial charge >= 0.3 is 11.7 Å². The molecule has 0 saturated carbocycles. The summed E-state index contributed by atoms with van der Waals surface area (Å²) in [7, 11) is 0. The maximum atomic E-state index is 15.4. The Balaban J connectivity index is 2.32. The molecule has 0 bridgehead atoms. The van der Waals surface area contributed by atoms with E-state index >= 15 is 4.39 Å². The lowest BCUT2D eigenvalue weighted by molar-refractivity contribution is -0.161. The molecule has 5 atom stereocenters. The number of aliphatic hydroxyl groups excluding tert-OH is 1. The van der Waals surface area contributed by atoms with Crippen LogP contribution in [0.25, 0.3) is 0 Å². The average molecular weight is 358 g/mol. The number of carbonyl (C=O) groups excluding carboxylic acids is 1. The van der Waals surface area contributed by atoms with Gasteiger partial charge in [0.05, 0.1) is 6.61 Å². The molecule has 1 aliphatic heterocycles. The molecule has 1 fully saturated rings. The van der Waals surface area contributed by atoms with Gasteiger partial charge in [0.1, 0.15) is 18.0 Å². The smallest absolute Gasteiger partial charge is 0.351 e. The molecule has 1 aromatic heterocycles. The van der Waals surface area contributed by atoms with Crippen molar-refractivity contribution in [2.45, 2.75) is 50.9 Å². The summed E-state index contributed by atoms with van der Waals surface area (Å²) in [6.07, 6.45) is -2.82. The first-order chi connectivity index (χ1) is 11.6. The van der Waals surface area contributed by atoms with Crippen LogP contribution < -0.4 is 17.2 Å². The third-order valence-electron chi connectivity index (χ3n) is 4.20. The van der Waals surface area contributed by atoms with E-state index in [1.807, 2.05) is 0 Å². The molecule has 1 saturated heterocycles. The van der Waals surface area contributed by atoms with Crippen molar-refractivity contribution in [3.63, 3.8) is 0 Å². The van der Waals surface area contributed by atoms with E-state index in [2.05, 4.69) is 4.98 Å². The van der Waals surface area contributed by atoms with Crippen LogP contribution in [0.4, 0.5) is 10.2 Å². The van der Waals surface area contributed by atoms with Gasteiger partial charge < -0.3 is 26.0 Å². The molecule has 0 aliphatic carbocycles. The van der Waals surface area contributed by atoms with Gasteiger partial charge in [-0.1, -0.05) is 13.8 Å². The van der Waals surface area contributed by atoms with Crippen LogP contribution in [0.1, 0.15) is 27.0 Å². The van der Waals surface area contributed by atoms with Gasteiger partial charge in [-0.15, -0.1) is 0 Å². The summed E-state index contributed by atoms with van der Waals surface area (Å²) in [6, 6.07) is 0.359. The Morgan fingerprint density at radius 1 is 1.60 bits per heavy atom. The molecule has 1 aliphatic rings. The Morgan fingerprint density at radius 3 is 2.76 bits per heavy atom. The van der Waals surface area contributed by atoms with Gasteiger partial charge in [0.15, 0.2) is 18.0 Å². The summed E-state index contributed by atoms with van der Waals surface area (Å²) >= 11 is 0. The van der Waals surface area contributed by atoms with Gasteiger partial charge in [-0.3, -0.25) is 9.36 Å². The SMILES string of the molecule is CC(C)C(N)C(=O)OC1[C@@H](CO)O[C@@H](n2ccc(N)nc2=O)C1(C)F. The summed E-state index contributed by atoms with van der Waals surface area (Å²) < 4.78 is 26.9. The highest BCUT2D eigenvalue weighted by Crippen LogP contribution is 2.42. The maximum absolute atomic E-state index is 15.4. The topological polar surface area (TPSA) is 143 Å². The third kappa shape index (κ3) is 3.65. The number of ether oxygens (including phenoxy) is 2. The Labute approximate surface area is 143 Å². The number of rotatable bonds is 5. The van der Waals surface area contributed by atoms with E-state index in [1.54, 1.807) is 13.8 Å². The minimum atomic E-state index is -2.30. The number of halogens is 1. The van der Waals surface area contributed by atoms with Crippen LogP contribution in [0.5, 0.6) is 0 Å². The third-order valence-corrected chi connectivity index (χ3v) is 4.20. The second-order valence-electron chi connectivity index (χ2n) is 6.53. The zero-order chi connectivity index (χ0) is 18.9. The number of carbonyl (C=O) groups is 1. The molecule has 9 nitrogen and oxygen atoms in total. The van der Waals surface area contributed by atoms with E-state index in [0.717, 1.165) is 11.5 Å². The molecule has 0 amide bonds. The van der Waals surface area contributed by atoms with Gasteiger partial charge in [0.25, 0.3) is 0 Å². The predicted molar refractivity (Wildman–Crippen MR) is 86.1 cm³/mol. The van der Waals surface area contributed by atoms with Crippen LogP contribution in [0.2, 0.25) is 0 Å². The van der Waals surface area contributed by atoms with Crippen molar-refractivity contribution in [2.24, 2.45) is 11.7 Å². The highest BCUT2D eigenvalue weighted by Gasteiger charge is 2.58. The maximum Gasteiger partial charge on any atom is 0.351 e. The van der Waals surface area contributed by atoms with Gasteiger partial charge in [0, 0.05) is 6.20 Å². The van der Waals surface area contributed by atoms with Crippen molar-refractivity contribution in [3.8, 4) is 0 Å². The molecule has 5 N–H and O–H groups in total. The van der Waals surface area contributed by atoms with Crippen LogP contribution in [0.15, 0.2) is 17.1 Å². The highest BCUT2D eigenvalue weighted by molar-refractivity contribution is 5.76. The minimum absolute atomic E-state index is 0.0237. The quantitative estimate of drug-likeness (QED) is 0.589. The van der Waals surface area contributed by atoms with Crippen LogP contribution in [-0.2, 0) is 14.3 Å². The zero-order valence-corrected chi connectivity index (χ0v) is 14.3. The molecule has 2 heterocycles. The van der Waals surface area contributed by atoms with Gasteiger partial charge in [-0.25, -0.2) is 9.18 Å². The fourth-order valence-electron chi connectivity index (χ4n) is 2.62. The Bertz CT molecular complexity index is 693. The number of hydrogen-bond acceptors (Lipinski definition) is 8. The lowest BCUT2D eigenvalue weighted by Crippen LogP contribution is -2.48. The summed E-state index contributed by atoms with van der Waals surface area (Å²) in [4.78, 5) is 27.6. The molecule has 1 aromatic rings. The number of hydrogen-bond donors (Lipinski definition) is 3. The second-order valence-corrected chi connectivity index (χ2v) is 6.53. The first kappa shape index (κ1) is 19.3. The summed E-state index contributed by atoms with van der Waals surface area (Å²) in [6.45, 7) is 3.95. The Morgan fingerprint density at radius 2 is 2.24 bits per heavy atom. The molecule has 0 radical (unpaired) electrons.